The Labute approximate surface area is 149 Å². The third-order valence-electron chi connectivity index (χ3n) is 4.48. The number of halogens is 1. The maximum Gasteiger partial charge on any atom is 0.261 e. The summed E-state index contributed by atoms with van der Waals surface area (Å²) >= 11 is 5.95. The Morgan fingerprint density at radius 1 is 1.16 bits per heavy atom. The molecule has 25 heavy (non-hydrogen) atoms. The first kappa shape index (κ1) is 15.8. The van der Waals surface area contributed by atoms with Crippen LogP contribution >= 0.6 is 11.6 Å². The lowest BCUT2D eigenvalue weighted by Crippen LogP contribution is -2.27. The topological polar surface area (TPSA) is 64.0 Å². The average molecular weight is 354 g/mol. The summed E-state index contributed by atoms with van der Waals surface area (Å²) in [6.45, 7) is -0.0919. The fourth-order valence-electron chi connectivity index (χ4n) is 3.25. The van der Waals surface area contributed by atoms with Crippen LogP contribution in [0.3, 0.4) is 0 Å². The standard InChI is InChI=1S/C19H16ClN3O2/c20-14-5-7-17-16(9-14)19(25)23(11-21-17)10-18(24)22-15-6-4-12-2-1-3-13(12)8-15/h4-9,11H,1-3,10H2,(H,22,24). The molecule has 1 N–H and O–H groups in total. The molecule has 3 aromatic rings. The number of hydrogen-bond donors (Lipinski definition) is 1. The van der Waals surface area contributed by atoms with Gasteiger partial charge in [0, 0.05) is 10.7 Å². The van der Waals surface area contributed by atoms with E-state index in [9.17, 15) is 9.59 Å². The van der Waals surface area contributed by atoms with Crippen LogP contribution in [0.5, 0.6) is 0 Å². The SMILES string of the molecule is O=C(Cn1cnc2ccc(Cl)cc2c1=O)Nc1ccc2c(c1)CCC2. The Kier molecular flexibility index (Phi) is 4.01. The van der Waals surface area contributed by atoms with Gasteiger partial charge in [0.15, 0.2) is 0 Å². The van der Waals surface area contributed by atoms with Crippen LogP contribution in [0.15, 0.2) is 47.5 Å². The molecule has 1 heterocycles. The van der Waals surface area contributed by atoms with Crippen LogP contribution in [0.25, 0.3) is 10.9 Å². The monoisotopic (exact) mass is 353 g/mol. The van der Waals surface area contributed by atoms with Crippen molar-refractivity contribution < 1.29 is 4.79 Å². The van der Waals surface area contributed by atoms with E-state index in [1.807, 2.05) is 12.1 Å². The van der Waals surface area contributed by atoms with Crippen LogP contribution in [0, 0.1) is 0 Å². The van der Waals surface area contributed by atoms with Crippen LogP contribution < -0.4 is 10.9 Å². The molecule has 0 radical (unpaired) electrons. The first-order valence-corrected chi connectivity index (χ1v) is 8.54. The lowest BCUT2D eigenvalue weighted by atomic mass is 10.1. The molecule has 1 amide bonds. The quantitative estimate of drug-likeness (QED) is 0.786. The lowest BCUT2D eigenvalue weighted by Gasteiger charge is -2.09. The van der Waals surface area contributed by atoms with Crippen molar-refractivity contribution in [1.82, 2.24) is 9.55 Å². The second kappa shape index (κ2) is 6.33. The molecule has 2 aromatic carbocycles. The zero-order valence-corrected chi connectivity index (χ0v) is 14.2. The van der Waals surface area contributed by atoms with Crippen molar-refractivity contribution in [3.05, 3.63) is 69.2 Å². The van der Waals surface area contributed by atoms with E-state index in [1.54, 1.807) is 18.2 Å². The number of carbonyl (C=O) groups is 1. The van der Waals surface area contributed by atoms with Crippen molar-refractivity contribution in [2.75, 3.05) is 5.32 Å². The Hall–Kier alpha value is -2.66. The lowest BCUT2D eigenvalue weighted by molar-refractivity contribution is -0.116. The van der Waals surface area contributed by atoms with E-state index in [0.29, 0.717) is 15.9 Å². The third-order valence-corrected chi connectivity index (χ3v) is 4.72. The predicted molar refractivity (Wildman–Crippen MR) is 98.1 cm³/mol. The molecule has 0 bridgehead atoms. The highest BCUT2D eigenvalue weighted by Crippen LogP contribution is 2.24. The molecule has 5 nitrogen and oxygen atoms in total. The van der Waals surface area contributed by atoms with E-state index < -0.39 is 0 Å². The van der Waals surface area contributed by atoms with Gasteiger partial charge in [-0.2, -0.15) is 0 Å². The van der Waals surface area contributed by atoms with E-state index in [1.165, 1.54) is 22.0 Å². The van der Waals surface area contributed by atoms with Crippen molar-refractivity contribution in [3.63, 3.8) is 0 Å². The van der Waals surface area contributed by atoms with Gasteiger partial charge in [-0.15, -0.1) is 0 Å². The molecule has 1 aromatic heterocycles. The number of nitrogens with zero attached hydrogens (tertiary/aromatic N) is 2. The van der Waals surface area contributed by atoms with Gasteiger partial charge >= 0.3 is 0 Å². The van der Waals surface area contributed by atoms with Crippen LogP contribution in [0.2, 0.25) is 5.02 Å². The van der Waals surface area contributed by atoms with E-state index in [-0.39, 0.29) is 18.0 Å². The van der Waals surface area contributed by atoms with Gasteiger partial charge in [0.1, 0.15) is 6.54 Å². The van der Waals surface area contributed by atoms with Crippen LogP contribution in [-0.2, 0) is 24.2 Å². The average Bonchev–Trinajstić information content (AvgIpc) is 3.05. The van der Waals surface area contributed by atoms with Crippen LogP contribution in [-0.4, -0.2) is 15.5 Å². The van der Waals surface area contributed by atoms with Gasteiger partial charge in [-0.05, 0) is 60.7 Å². The Morgan fingerprint density at radius 2 is 2.00 bits per heavy atom. The summed E-state index contributed by atoms with van der Waals surface area (Å²) in [5, 5.41) is 3.72. The van der Waals surface area contributed by atoms with Gasteiger partial charge in [-0.25, -0.2) is 4.98 Å². The minimum absolute atomic E-state index is 0.0919. The Balaban J connectivity index is 1.55. The number of benzene rings is 2. The van der Waals surface area contributed by atoms with Crippen LogP contribution in [0.1, 0.15) is 17.5 Å². The van der Waals surface area contributed by atoms with Gasteiger partial charge in [0.25, 0.3) is 5.56 Å². The normalized spacial score (nSPS) is 13.0. The second-order valence-corrected chi connectivity index (χ2v) is 6.66. The van der Waals surface area contributed by atoms with Gasteiger partial charge < -0.3 is 5.32 Å². The molecule has 0 unspecified atom stereocenters. The van der Waals surface area contributed by atoms with Gasteiger partial charge in [-0.1, -0.05) is 17.7 Å². The summed E-state index contributed by atoms with van der Waals surface area (Å²) in [7, 11) is 0. The molecule has 126 valence electrons. The number of amides is 1. The number of rotatable bonds is 3. The zero-order valence-electron chi connectivity index (χ0n) is 13.5. The van der Waals surface area contributed by atoms with Gasteiger partial charge in [0.05, 0.1) is 17.2 Å². The van der Waals surface area contributed by atoms with E-state index in [2.05, 4.69) is 16.4 Å². The van der Waals surface area contributed by atoms with Crippen LogP contribution in [0.4, 0.5) is 5.69 Å². The molecular weight excluding hydrogens is 338 g/mol. The third kappa shape index (κ3) is 3.15. The van der Waals surface area contributed by atoms with Gasteiger partial charge in [0.2, 0.25) is 5.91 Å². The molecule has 0 atom stereocenters. The largest absolute Gasteiger partial charge is 0.325 e. The fourth-order valence-corrected chi connectivity index (χ4v) is 3.42. The number of fused-ring (bicyclic) bond motifs is 2. The summed E-state index contributed by atoms with van der Waals surface area (Å²) in [5.74, 6) is -0.261. The minimum atomic E-state index is -0.281. The number of anilines is 1. The Morgan fingerprint density at radius 3 is 2.88 bits per heavy atom. The summed E-state index contributed by atoms with van der Waals surface area (Å²) in [6, 6.07) is 10.9. The number of nitrogens with one attached hydrogen (secondary N) is 1. The maximum absolute atomic E-state index is 12.5. The zero-order chi connectivity index (χ0) is 17.4. The highest BCUT2D eigenvalue weighted by atomic mass is 35.5. The summed E-state index contributed by atoms with van der Waals surface area (Å²) in [6.07, 6.45) is 4.70. The molecule has 4 rings (SSSR count). The molecule has 6 heteroatoms. The first-order chi connectivity index (χ1) is 12.1. The molecular formula is C19H16ClN3O2. The van der Waals surface area contributed by atoms with Crippen molar-refractivity contribution in [3.8, 4) is 0 Å². The summed E-state index contributed by atoms with van der Waals surface area (Å²) in [5.41, 5.74) is 3.68. The maximum atomic E-state index is 12.5. The minimum Gasteiger partial charge on any atom is -0.325 e. The van der Waals surface area contributed by atoms with E-state index >= 15 is 0 Å². The van der Waals surface area contributed by atoms with Crippen molar-refractivity contribution in [1.29, 1.82) is 0 Å². The first-order valence-electron chi connectivity index (χ1n) is 8.16. The number of hydrogen-bond acceptors (Lipinski definition) is 3. The molecule has 0 spiro atoms. The highest BCUT2D eigenvalue weighted by molar-refractivity contribution is 6.31. The summed E-state index contributed by atoms with van der Waals surface area (Å²) in [4.78, 5) is 29.0. The molecule has 0 saturated carbocycles. The summed E-state index contributed by atoms with van der Waals surface area (Å²) < 4.78 is 1.29. The fraction of sp³-hybridized carbons (Fsp3) is 0.211. The smallest absolute Gasteiger partial charge is 0.261 e. The van der Waals surface area contributed by atoms with Crippen molar-refractivity contribution in [2.24, 2.45) is 0 Å². The molecule has 1 aliphatic carbocycles. The second-order valence-electron chi connectivity index (χ2n) is 6.22. The molecule has 0 saturated heterocycles. The van der Waals surface area contributed by atoms with Gasteiger partial charge in [-0.3, -0.25) is 14.2 Å². The molecule has 1 aliphatic rings. The predicted octanol–water partition coefficient (Wildman–Crippen LogP) is 3.18. The van der Waals surface area contributed by atoms with Crippen molar-refractivity contribution >= 4 is 34.1 Å². The highest BCUT2D eigenvalue weighted by Gasteiger charge is 2.13. The number of aromatic nitrogens is 2. The van der Waals surface area contributed by atoms with Crippen molar-refractivity contribution in [2.45, 2.75) is 25.8 Å². The number of aryl methyl sites for hydroxylation is 2. The van der Waals surface area contributed by atoms with E-state index in [4.69, 9.17) is 11.6 Å². The molecule has 0 fully saturated rings. The number of carbonyl (C=O) groups excluding carboxylic acids is 1. The van der Waals surface area contributed by atoms with E-state index in [0.717, 1.165) is 24.9 Å². The molecule has 0 aliphatic heterocycles. The Bertz CT molecular complexity index is 1040.